The summed E-state index contributed by atoms with van der Waals surface area (Å²) in [6.45, 7) is 5.38. The van der Waals surface area contributed by atoms with E-state index in [1.807, 2.05) is 30.3 Å². The Labute approximate surface area is 171 Å². The number of carbonyl (C=O) groups excluding carboxylic acids is 1. The summed E-state index contributed by atoms with van der Waals surface area (Å²) in [5, 5.41) is 14.4. The predicted octanol–water partition coefficient (Wildman–Crippen LogP) is 4.95. The highest BCUT2D eigenvalue weighted by Gasteiger charge is 2.51. The van der Waals surface area contributed by atoms with Gasteiger partial charge in [0.25, 0.3) is 0 Å². The van der Waals surface area contributed by atoms with Crippen LogP contribution in [0.5, 0.6) is 5.75 Å². The molecule has 0 aliphatic carbocycles. The number of alkyl carbamates (subject to hydrolysis) is 1. The van der Waals surface area contributed by atoms with Crippen LogP contribution >= 0.6 is 27.5 Å². The number of nitrogens with one attached hydrogen (secondary N) is 1. The standard InChI is InChI=1S/C20H21BrClNO4/c1-19(2,3)27-18(25)23-11-20(12-7-5-4-6-8-12)17(24)15-14(26-20)10-9-13(22)16(15)21/h4-10,17,24H,11H2,1-3H3,(H,23,25). The van der Waals surface area contributed by atoms with Gasteiger partial charge >= 0.3 is 6.09 Å². The second kappa shape index (κ2) is 7.34. The molecular weight excluding hydrogens is 434 g/mol. The van der Waals surface area contributed by atoms with Crippen molar-refractivity contribution in [1.29, 1.82) is 0 Å². The molecule has 0 fully saturated rings. The minimum absolute atomic E-state index is 0.0197. The molecular formula is C20H21BrClNO4. The second-order valence-electron chi connectivity index (χ2n) is 7.39. The van der Waals surface area contributed by atoms with E-state index in [1.165, 1.54) is 0 Å². The zero-order valence-corrected chi connectivity index (χ0v) is 17.6. The summed E-state index contributed by atoms with van der Waals surface area (Å²) in [4.78, 5) is 12.2. The van der Waals surface area contributed by atoms with Crippen LogP contribution < -0.4 is 10.1 Å². The largest absolute Gasteiger partial charge is 0.477 e. The third kappa shape index (κ3) is 3.93. The number of aliphatic hydroxyl groups is 1. The Hall–Kier alpha value is -1.76. The first-order valence-corrected chi connectivity index (χ1v) is 9.68. The maximum absolute atomic E-state index is 12.2. The van der Waals surface area contributed by atoms with Crippen LogP contribution in [0.2, 0.25) is 5.02 Å². The van der Waals surface area contributed by atoms with E-state index in [0.717, 1.165) is 5.56 Å². The molecule has 27 heavy (non-hydrogen) atoms. The van der Waals surface area contributed by atoms with E-state index in [1.54, 1.807) is 32.9 Å². The topological polar surface area (TPSA) is 67.8 Å². The Morgan fingerprint density at radius 1 is 1.30 bits per heavy atom. The lowest BCUT2D eigenvalue weighted by Crippen LogP contribution is -2.47. The van der Waals surface area contributed by atoms with Gasteiger partial charge in [-0.25, -0.2) is 4.79 Å². The molecule has 2 aromatic carbocycles. The monoisotopic (exact) mass is 453 g/mol. The fourth-order valence-corrected chi connectivity index (χ4v) is 3.78. The minimum Gasteiger partial charge on any atom is -0.477 e. The molecule has 0 spiro atoms. The van der Waals surface area contributed by atoms with Gasteiger partial charge in [-0.05, 0) is 48.8 Å². The maximum atomic E-state index is 12.2. The Morgan fingerprint density at radius 2 is 1.96 bits per heavy atom. The fraction of sp³-hybridized carbons (Fsp3) is 0.350. The van der Waals surface area contributed by atoms with Gasteiger partial charge in [-0.3, -0.25) is 0 Å². The van der Waals surface area contributed by atoms with Gasteiger partial charge < -0.3 is 19.9 Å². The van der Waals surface area contributed by atoms with Crippen LogP contribution in [0.4, 0.5) is 4.79 Å². The van der Waals surface area contributed by atoms with E-state index in [4.69, 9.17) is 21.1 Å². The summed E-state index contributed by atoms with van der Waals surface area (Å²) in [5.41, 5.74) is -0.545. The summed E-state index contributed by atoms with van der Waals surface area (Å²) >= 11 is 9.63. The molecule has 0 radical (unpaired) electrons. The molecule has 2 atom stereocenters. The van der Waals surface area contributed by atoms with Crippen molar-refractivity contribution < 1.29 is 19.4 Å². The summed E-state index contributed by atoms with van der Waals surface area (Å²) in [6.07, 6.45) is -1.63. The van der Waals surface area contributed by atoms with Gasteiger partial charge in [0.1, 0.15) is 17.5 Å². The lowest BCUT2D eigenvalue weighted by atomic mass is 9.86. The molecule has 144 valence electrons. The first kappa shape index (κ1) is 20.0. The minimum atomic E-state index is -1.20. The average Bonchev–Trinajstić information content (AvgIpc) is 2.90. The van der Waals surface area contributed by atoms with Crippen molar-refractivity contribution in [3.63, 3.8) is 0 Å². The quantitative estimate of drug-likeness (QED) is 0.689. The van der Waals surface area contributed by atoms with Gasteiger partial charge in [0.2, 0.25) is 0 Å². The first-order chi connectivity index (χ1) is 12.6. The number of fused-ring (bicyclic) bond motifs is 1. The Bertz CT molecular complexity index is 853. The molecule has 2 N–H and O–H groups in total. The molecule has 5 nitrogen and oxygen atoms in total. The van der Waals surface area contributed by atoms with Gasteiger partial charge in [-0.15, -0.1) is 0 Å². The van der Waals surface area contributed by atoms with Gasteiger partial charge in [-0.2, -0.15) is 0 Å². The number of rotatable bonds is 3. The Kier molecular flexibility index (Phi) is 5.43. The lowest BCUT2D eigenvalue weighted by Gasteiger charge is -2.33. The molecule has 2 unspecified atom stereocenters. The average molecular weight is 455 g/mol. The van der Waals surface area contributed by atoms with E-state index in [-0.39, 0.29) is 6.54 Å². The van der Waals surface area contributed by atoms with Crippen molar-refractivity contribution in [2.45, 2.75) is 38.1 Å². The highest BCUT2D eigenvalue weighted by Crippen LogP contribution is 2.52. The molecule has 0 saturated carbocycles. The highest BCUT2D eigenvalue weighted by atomic mass is 79.9. The molecule has 0 saturated heterocycles. The van der Waals surface area contributed by atoms with Gasteiger partial charge in [0.15, 0.2) is 5.60 Å². The predicted molar refractivity (Wildman–Crippen MR) is 107 cm³/mol. The summed E-state index contributed by atoms with van der Waals surface area (Å²) < 4.78 is 12.1. The third-order valence-electron chi connectivity index (χ3n) is 4.26. The van der Waals surface area contributed by atoms with Crippen LogP contribution in [0.15, 0.2) is 46.9 Å². The summed E-state index contributed by atoms with van der Waals surface area (Å²) in [5.74, 6) is 0.508. The van der Waals surface area contributed by atoms with Crippen molar-refractivity contribution in [2.75, 3.05) is 6.54 Å². The zero-order chi connectivity index (χ0) is 19.8. The number of amides is 1. The lowest BCUT2D eigenvalue weighted by molar-refractivity contribution is -0.0338. The van der Waals surface area contributed by atoms with Gasteiger partial charge in [-0.1, -0.05) is 41.9 Å². The van der Waals surface area contributed by atoms with Gasteiger partial charge in [0.05, 0.1) is 11.6 Å². The van der Waals surface area contributed by atoms with Crippen LogP contribution in [0, 0.1) is 0 Å². The molecule has 0 bridgehead atoms. The van der Waals surface area contributed by atoms with Crippen LogP contribution in [0.25, 0.3) is 0 Å². The van der Waals surface area contributed by atoms with E-state index >= 15 is 0 Å². The number of ether oxygens (including phenoxy) is 2. The fourth-order valence-electron chi connectivity index (χ4n) is 3.07. The Morgan fingerprint density at radius 3 is 2.59 bits per heavy atom. The van der Waals surface area contributed by atoms with Crippen molar-refractivity contribution >= 4 is 33.6 Å². The molecule has 7 heteroatoms. The van der Waals surface area contributed by atoms with Crippen molar-refractivity contribution in [3.05, 3.63) is 63.1 Å². The number of hydrogen-bond acceptors (Lipinski definition) is 4. The van der Waals surface area contributed by atoms with Crippen LogP contribution in [0.3, 0.4) is 0 Å². The summed E-state index contributed by atoms with van der Waals surface area (Å²) in [6, 6.07) is 12.7. The second-order valence-corrected chi connectivity index (χ2v) is 8.59. The number of hydrogen-bond donors (Lipinski definition) is 2. The number of aliphatic hydroxyl groups excluding tert-OH is 1. The van der Waals surface area contributed by atoms with E-state index in [2.05, 4.69) is 21.2 Å². The maximum Gasteiger partial charge on any atom is 0.407 e. The normalized spacial score (nSPS) is 21.3. The molecule has 3 rings (SSSR count). The van der Waals surface area contributed by atoms with Crippen molar-refractivity contribution in [1.82, 2.24) is 5.32 Å². The van der Waals surface area contributed by atoms with E-state index in [9.17, 15) is 9.90 Å². The van der Waals surface area contributed by atoms with Crippen LogP contribution in [-0.2, 0) is 10.3 Å². The molecule has 0 aromatic heterocycles. The zero-order valence-electron chi connectivity index (χ0n) is 15.3. The summed E-state index contributed by atoms with van der Waals surface area (Å²) in [7, 11) is 0. The number of benzene rings is 2. The Balaban J connectivity index is 1.97. The molecule has 1 heterocycles. The first-order valence-electron chi connectivity index (χ1n) is 8.51. The SMILES string of the molecule is CC(C)(C)OC(=O)NCC1(c2ccccc2)Oc2ccc(Cl)c(Br)c2C1O. The van der Waals surface area contributed by atoms with Crippen molar-refractivity contribution in [2.24, 2.45) is 0 Å². The number of halogens is 2. The van der Waals surface area contributed by atoms with E-state index in [0.29, 0.717) is 20.8 Å². The third-order valence-corrected chi connectivity index (χ3v) is 5.65. The van der Waals surface area contributed by atoms with Crippen molar-refractivity contribution in [3.8, 4) is 5.75 Å². The highest BCUT2D eigenvalue weighted by molar-refractivity contribution is 9.10. The molecule has 1 aliphatic heterocycles. The number of carbonyl (C=O) groups is 1. The van der Waals surface area contributed by atoms with Crippen LogP contribution in [0.1, 0.15) is 38.0 Å². The molecule has 2 aromatic rings. The smallest absolute Gasteiger partial charge is 0.407 e. The molecule has 1 amide bonds. The van der Waals surface area contributed by atoms with E-state index < -0.39 is 23.4 Å². The van der Waals surface area contributed by atoms with Gasteiger partial charge in [0, 0.05) is 15.6 Å². The molecule has 1 aliphatic rings. The van der Waals surface area contributed by atoms with Crippen LogP contribution in [-0.4, -0.2) is 23.3 Å².